The molecule has 0 saturated carbocycles. The van der Waals surface area contributed by atoms with Gasteiger partial charge in [-0.2, -0.15) is 0 Å². The van der Waals surface area contributed by atoms with E-state index in [0.29, 0.717) is 32.7 Å². The number of hydrogen-bond acceptors (Lipinski definition) is 5. The van der Waals surface area contributed by atoms with Crippen LogP contribution in [0.3, 0.4) is 0 Å². The Morgan fingerprint density at radius 2 is 1.68 bits per heavy atom. The zero-order valence-electron chi connectivity index (χ0n) is 21.3. The van der Waals surface area contributed by atoms with Crippen molar-refractivity contribution in [1.82, 2.24) is 9.88 Å². The zero-order valence-corrected chi connectivity index (χ0v) is 22.0. The van der Waals surface area contributed by atoms with Crippen molar-refractivity contribution in [3.05, 3.63) is 69.9 Å². The SMILES string of the molecule is Cc1ccc2c(c1)c(CC(=O)OCC(F)(F)CNC(=O)OC(C)(C)C)c(C)n2C(=O)c1ccc(Cl)cc1. The fourth-order valence-corrected chi connectivity index (χ4v) is 3.88. The second-order valence-electron chi connectivity index (χ2n) is 9.78. The molecule has 2 aromatic carbocycles. The van der Waals surface area contributed by atoms with E-state index in [1.165, 1.54) is 4.57 Å². The van der Waals surface area contributed by atoms with Crippen LogP contribution in [0.5, 0.6) is 0 Å². The quantitative estimate of drug-likeness (QED) is 0.384. The lowest BCUT2D eigenvalue weighted by molar-refractivity contribution is -0.153. The molecular weight excluding hydrogens is 506 g/mol. The molecule has 0 fully saturated rings. The molecule has 0 aliphatic carbocycles. The highest BCUT2D eigenvalue weighted by Crippen LogP contribution is 2.29. The van der Waals surface area contributed by atoms with Gasteiger partial charge in [-0.1, -0.05) is 23.2 Å². The molecule has 0 atom stereocenters. The molecule has 0 saturated heterocycles. The van der Waals surface area contributed by atoms with E-state index in [1.54, 1.807) is 58.0 Å². The van der Waals surface area contributed by atoms with Crippen LogP contribution in [0.4, 0.5) is 13.6 Å². The molecule has 198 valence electrons. The number of amides is 1. The van der Waals surface area contributed by atoms with E-state index in [9.17, 15) is 23.2 Å². The first-order valence-corrected chi connectivity index (χ1v) is 12.0. The van der Waals surface area contributed by atoms with Gasteiger partial charge in [0.05, 0.1) is 18.5 Å². The number of alkyl halides is 2. The summed E-state index contributed by atoms with van der Waals surface area (Å²) < 4.78 is 39.7. The van der Waals surface area contributed by atoms with Crippen LogP contribution < -0.4 is 5.32 Å². The minimum Gasteiger partial charge on any atom is -0.459 e. The van der Waals surface area contributed by atoms with Gasteiger partial charge < -0.3 is 14.8 Å². The molecule has 0 spiro atoms. The number of halogens is 3. The van der Waals surface area contributed by atoms with Gasteiger partial charge in [0.15, 0.2) is 6.61 Å². The van der Waals surface area contributed by atoms with Crippen molar-refractivity contribution in [3.8, 4) is 0 Å². The molecule has 1 amide bonds. The van der Waals surface area contributed by atoms with Crippen molar-refractivity contribution in [1.29, 1.82) is 0 Å². The van der Waals surface area contributed by atoms with Gasteiger partial charge in [0.1, 0.15) is 5.60 Å². The van der Waals surface area contributed by atoms with Gasteiger partial charge in [-0.05, 0) is 76.6 Å². The van der Waals surface area contributed by atoms with Crippen molar-refractivity contribution >= 4 is 40.5 Å². The monoisotopic (exact) mass is 534 g/mol. The number of alkyl carbamates (subject to hydrolysis) is 1. The van der Waals surface area contributed by atoms with Crippen molar-refractivity contribution in [2.75, 3.05) is 13.2 Å². The number of carbonyl (C=O) groups is 3. The van der Waals surface area contributed by atoms with Gasteiger partial charge >= 0.3 is 12.1 Å². The molecule has 0 bridgehead atoms. The minimum atomic E-state index is -3.50. The van der Waals surface area contributed by atoms with E-state index < -0.39 is 36.7 Å². The third-order valence-corrected chi connectivity index (χ3v) is 5.69. The number of hydrogen-bond donors (Lipinski definition) is 1. The summed E-state index contributed by atoms with van der Waals surface area (Å²) in [5, 5.41) is 3.11. The van der Waals surface area contributed by atoms with Crippen molar-refractivity contribution in [3.63, 3.8) is 0 Å². The first-order chi connectivity index (χ1) is 17.2. The molecule has 0 aliphatic heterocycles. The average molecular weight is 535 g/mol. The molecule has 0 radical (unpaired) electrons. The molecule has 0 aliphatic rings. The molecule has 37 heavy (non-hydrogen) atoms. The van der Waals surface area contributed by atoms with E-state index in [1.807, 2.05) is 24.4 Å². The number of carbonyl (C=O) groups excluding carboxylic acids is 3. The van der Waals surface area contributed by atoms with Crippen LogP contribution >= 0.6 is 11.6 Å². The number of nitrogens with zero attached hydrogens (tertiary/aromatic N) is 1. The third-order valence-electron chi connectivity index (χ3n) is 5.44. The number of aryl methyl sites for hydroxylation is 1. The van der Waals surface area contributed by atoms with Gasteiger partial charge in [-0.15, -0.1) is 0 Å². The summed E-state index contributed by atoms with van der Waals surface area (Å²) in [5.41, 5.74) is 2.04. The molecule has 1 heterocycles. The second kappa shape index (κ2) is 10.9. The van der Waals surface area contributed by atoms with Crippen molar-refractivity contribution in [2.45, 2.75) is 52.6 Å². The van der Waals surface area contributed by atoms with Crippen LogP contribution in [-0.2, 0) is 20.7 Å². The normalized spacial score (nSPS) is 11.9. The number of aromatic nitrogens is 1. The molecule has 7 nitrogen and oxygen atoms in total. The maximum absolute atomic E-state index is 14.2. The highest BCUT2D eigenvalue weighted by atomic mass is 35.5. The van der Waals surface area contributed by atoms with E-state index in [2.05, 4.69) is 0 Å². The minimum absolute atomic E-state index is 0.317. The molecule has 1 N–H and O–H groups in total. The van der Waals surface area contributed by atoms with Gasteiger partial charge in [0.25, 0.3) is 11.8 Å². The summed E-state index contributed by atoms with van der Waals surface area (Å²) in [6.45, 7) is 6.10. The Balaban J connectivity index is 1.76. The summed E-state index contributed by atoms with van der Waals surface area (Å²) in [5.74, 6) is -4.71. The molecule has 3 aromatic rings. The standard InChI is InChI=1S/C27H29ClF2N2O5/c1-16-6-11-22-21(12-16)20(17(2)32(22)24(34)18-7-9-19(28)10-8-18)13-23(33)36-15-27(29,30)14-31-25(35)37-26(3,4)5/h6-12H,13-15H2,1-5H3,(H,31,35). The number of benzene rings is 2. The molecule has 10 heteroatoms. The fourth-order valence-electron chi connectivity index (χ4n) is 3.75. The summed E-state index contributed by atoms with van der Waals surface area (Å²) in [7, 11) is 0. The highest BCUT2D eigenvalue weighted by molar-refractivity contribution is 6.30. The predicted octanol–water partition coefficient (Wildman–Crippen LogP) is 5.85. The molecule has 1 aromatic heterocycles. The smallest absolute Gasteiger partial charge is 0.407 e. The maximum atomic E-state index is 14.2. The first kappa shape index (κ1) is 28.1. The average Bonchev–Trinajstić information content (AvgIpc) is 3.06. The van der Waals surface area contributed by atoms with Crippen LogP contribution in [0.1, 0.15) is 48.0 Å². The lowest BCUT2D eigenvalue weighted by atomic mass is 10.1. The molecule has 3 rings (SSSR count). The number of fused-ring (bicyclic) bond motifs is 1. The predicted molar refractivity (Wildman–Crippen MR) is 136 cm³/mol. The van der Waals surface area contributed by atoms with Crippen LogP contribution in [0.25, 0.3) is 10.9 Å². The summed E-state index contributed by atoms with van der Waals surface area (Å²) in [6, 6.07) is 11.9. The van der Waals surface area contributed by atoms with Crippen molar-refractivity contribution in [2.24, 2.45) is 0 Å². The fraction of sp³-hybridized carbons (Fsp3) is 0.370. The topological polar surface area (TPSA) is 86.6 Å². The number of ether oxygens (including phenoxy) is 2. The Hall–Kier alpha value is -3.46. The second-order valence-corrected chi connectivity index (χ2v) is 10.2. The van der Waals surface area contributed by atoms with Gasteiger partial charge in [-0.3, -0.25) is 14.2 Å². The summed E-state index contributed by atoms with van der Waals surface area (Å²) in [4.78, 5) is 37.5. The van der Waals surface area contributed by atoms with Crippen LogP contribution in [0, 0.1) is 13.8 Å². The zero-order chi connectivity index (χ0) is 27.5. The number of rotatable bonds is 7. The first-order valence-electron chi connectivity index (χ1n) is 11.6. The Kier molecular flexibility index (Phi) is 8.27. The molecule has 0 unspecified atom stereocenters. The van der Waals surface area contributed by atoms with Gasteiger partial charge in [-0.25, -0.2) is 13.6 Å². The lowest BCUT2D eigenvalue weighted by Crippen LogP contribution is -2.42. The highest BCUT2D eigenvalue weighted by Gasteiger charge is 2.33. The Bertz CT molecular complexity index is 1330. The van der Waals surface area contributed by atoms with Gasteiger partial charge in [0.2, 0.25) is 0 Å². The van der Waals surface area contributed by atoms with E-state index in [4.69, 9.17) is 21.1 Å². The Morgan fingerprint density at radius 1 is 1.03 bits per heavy atom. The summed E-state index contributed by atoms with van der Waals surface area (Å²) >= 11 is 5.94. The van der Waals surface area contributed by atoms with Crippen LogP contribution in [0.2, 0.25) is 5.02 Å². The summed E-state index contributed by atoms with van der Waals surface area (Å²) in [6.07, 6.45) is -1.31. The number of nitrogens with one attached hydrogen (secondary N) is 1. The Morgan fingerprint density at radius 3 is 2.30 bits per heavy atom. The lowest BCUT2D eigenvalue weighted by Gasteiger charge is -2.21. The van der Waals surface area contributed by atoms with E-state index in [-0.39, 0.29) is 12.3 Å². The molecular formula is C27H29ClF2N2O5. The third kappa shape index (κ3) is 7.29. The maximum Gasteiger partial charge on any atom is 0.407 e. The van der Waals surface area contributed by atoms with E-state index >= 15 is 0 Å². The van der Waals surface area contributed by atoms with Crippen LogP contribution in [-0.4, -0.2) is 47.2 Å². The largest absolute Gasteiger partial charge is 0.459 e. The van der Waals surface area contributed by atoms with Crippen molar-refractivity contribution < 1.29 is 32.6 Å². The van der Waals surface area contributed by atoms with Crippen LogP contribution in [0.15, 0.2) is 42.5 Å². The van der Waals surface area contributed by atoms with Gasteiger partial charge in [0, 0.05) is 21.7 Å². The number of esters is 1. The van der Waals surface area contributed by atoms with E-state index in [0.717, 1.165) is 5.56 Å². The Labute approximate surface area is 218 Å².